The van der Waals surface area contributed by atoms with Crippen molar-refractivity contribution in [3.8, 4) is 0 Å². The van der Waals surface area contributed by atoms with Crippen molar-refractivity contribution in [3.05, 3.63) is 35.7 Å². The highest BCUT2D eigenvalue weighted by atomic mass is 16.2. The van der Waals surface area contributed by atoms with E-state index in [9.17, 15) is 4.79 Å². The van der Waals surface area contributed by atoms with Gasteiger partial charge in [0, 0.05) is 20.3 Å². The van der Waals surface area contributed by atoms with Gasteiger partial charge in [-0.05, 0) is 23.6 Å². The fraction of sp³-hybridized carbons (Fsp3) is 0.385. The Kier molecular flexibility index (Phi) is 2.88. The SMILES string of the molecule is CC(C)c1ccc2cc(C(=O)N(C)C)nn2c1. The number of nitrogens with zero attached hydrogens (tertiary/aromatic N) is 3. The third-order valence-electron chi connectivity index (χ3n) is 2.77. The lowest BCUT2D eigenvalue weighted by Gasteiger charge is -2.06. The topological polar surface area (TPSA) is 37.6 Å². The number of rotatable bonds is 2. The van der Waals surface area contributed by atoms with E-state index in [0.717, 1.165) is 5.52 Å². The Morgan fingerprint density at radius 1 is 1.35 bits per heavy atom. The average molecular weight is 231 g/mol. The van der Waals surface area contributed by atoms with Crippen LogP contribution in [0.25, 0.3) is 5.52 Å². The number of aromatic nitrogens is 2. The van der Waals surface area contributed by atoms with Crippen LogP contribution in [0.1, 0.15) is 35.8 Å². The zero-order chi connectivity index (χ0) is 12.6. The van der Waals surface area contributed by atoms with Gasteiger partial charge in [-0.3, -0.25) is 4.79 Å². The summed E-state index contributed by atoms with van der Waals surface area (Å²) in [4.78, 5) is 13.3. The van der Waals surface area contributed by atoms with E-state index in [1.807, 2.05) is 18.3 Å². The van der Waals surface area contributed by atoms with Gasteiger partial charge in [0.05, 0.1) is 5.52 Å². The second-order valence-corrected chi connectivity index (χ2v) is 4.72. The predicted octanol–water partition coefficient (Wildman–Crippen LogP) is 2.16. The first-order valence-electron chi connectivity index (χ1n) is 5.70. The van der Waals surface area contributed by atoms with E-state index in [1.165, 1.54) is 10.5 Å². The molecule has 2 aromatic rings. The Morgan fingerprint density at radius 2 is 2.06 bits per heavy atom. The highest BCUT2D eigenvalue weighted by molar-refractivity contribution is 5.93. The lowest BCUT2D eigenvalue weighted by molar-refractivity contribution is 0.0821. The van der Waals surface area contributed by atoms with Gasteiger partial charge in [0.1, 0.15) is 0 Å². The minimum absolute atomic E-state index is 0.0696. The van der Waals surface area contributed by atoms with Gasteiger partial charge in [-0.2, -0.15) is 5.10 Å². The molecule has 0 saturated heterocycles. The van der Waals surface area contributed by atoms with E-state index in [-0.39, 0.29) is 5.91 Å². The molecule has 0 spiro atoms. The van der Waals surface area contributed by atoms with Crippen LogP contribution in [-0.4, -0.2) is 34.5 Å². The van der Waals surface area contributed by atoms with Crippen LogP contribution >= 0.6 is 0 Å². The van der Waals surface area contributed by atoms with Crippen LogP contribution in [0.3, 0.4) is 0 Å². The van der Waals surface area contributed by atoms with E-state index >= 15 is 0 Å². The van der Waals surface area contributed by atoms with Gasteiger partial charge in [-0.25, -0.2) is 4.52 Å². The van der Waals surface area contributed by atoms with Gasteiger partial charge in [0.2, 0.25) is 0 Å². The summed E-state index contributed by atoms with van der Waals surface area (Å²) >= 11 is 0. The number of hydrogen-bond donors (Lipinski definition) is 0. The van der Waals surface area contributed by atoms with Crippen molar-refractivity contribution in [3.63, 3.8) is 0 Å². The van der Waals surface area contributed by atoms with E-state index in [4.69, 9.17) is 0 Å². The molecule has 0 aliphatic heterocycles. The van der Waals surface area contributed by atoms with Gasteiger partial charge in [-0.15, -0.1) is 0 Å². The van der Waals surface area contributed by atoms with E-state index in [0.29, 0.717) is 11.6 Å². The summed E-state index contributed by atoms with van der Waals surface area (Å²) in [7, 11) is 3.46. The number of hydrogen-bond acceptors (Lipinski definition) is 2. The van der Waals surface area contributed by atoms with Crippen LogP contribution in [0, 0.1) is 0 Å². The van der Waals surface area contributed by atoms with Crippen LogP contribution in [0.5, 0.6) is 0 Å². The molecule has 0 atom stereocenters. The molecule has 2 heterocycles. The summed E-state index contributed by atoms with van der Waals surface area (Å²) in [5.74, 6) is 0.386. The molecule has 0 aliphatic carbocycles. The molecule has 0 aliphatic rings. The highest BCUT2D eigenvalue weighted by Gasteiger charge is 2.12. The number of amides is 1. The van der Waals surface area contributed by atoms with Crippen molar-refractivity contribution in [1.82, 2.24) is 14.5 Å². The molecule has 2 rings (SSSR count). The van der Waals surface area contributed by atoms with Crippen LogP contribution in [0.4, 0.5) is 0 Å². The number of fused-ring (bicyclic) bond motifs is 1. The standard InChI is InChI=1S/C13H17N3O/c1-9(2)10-5-6-11-7-12(13(17)15(3)4)14-16(11)8-10/h5-9H,1-4H3. The molecule has 0 saturated carbocycles. The first-order valence-corrected chi connectivity index (χ1v) is 5.70. The Bertz CT molecular complexity index is 555. The van der Waals surface area contributed by atoms with Crippen molar-refractivity contribution in [2.75, 3.05) is 14.1 Å². The smallest absolute Gasteiger partial charge is 0.273 e. The molecule has 4 nitrogen and oxygen atoms in total. The van der Waals surface area contributed by atoms with Crippen molar-refractivity contribution in [1.29, 1.82) is 0 Å². The van der Waals surface area contributed by atoms with E-state index in [1.54, 1.807) is 18.6 Å². The quantitative estimate of drug-likeness (QED) is 0.794. The fourth-order valence-electron chi connectivity index (χ4n) is 1.68. The molecule has 1 amide bonds. The normalized spacial score (nSPS) is 11.1. The molecule has 0 radical (unpaired) electrons. The summed E-state index contributed by atoms with van der Waals surface area (Å²) in [6.07, 6.45) is 1.98. The van der Waals surface area contributed by atoms with Crippen molar-refractivity contribution in [2.45, 2.75) is 19.8 Å². The summed E-state index contributed by atoms with van der Waals surface area (Å²) in [6.45, 7) is 4.27. The molecular weight excluding hydrogens is 214 g/mol. The lowest BCUT2D eigenvalue weighted by Crippen LogP contribution is -2.22. The molecule has 0 N–H and O–H groups in total. The zero-order valence-electron chi connectivity index (χ0n) is 10.6. The Labute approximate surface area is 101 Å². The molecule has 0 unspecified atom stereocenters. The Morgan fingerprint density at radius 3 is 2.65 bits per heavy atom. The number of carbonyl (C=O) groups is 1. The van der Waals surface area contributed by atoms with Gasteiger partial charge in [0.25, 0.3) is 5.91 Å². The van der Waals surface area contributed by atoms with Crippen molar-refractivity contribution in [2.24, 2.45) is 0 Å². The fourth-order valence-corrected chi connectivity index (χ4v) is 1.68. The second-order valence-electron chi connectivity index (χ2n) is 4.72. The molecule has 17 heavy (non-hydrogen) atoms. The van der Waals surface area contributed by atoms with Crippen molar-refractivity contribution < 1.29 is 4.79 Å². The van der Waals surface area contributed by atoms with Gasteiger partial charge >= 0.3 is 0 Å². The maximum Gasteiger partial charge on any atom is 0.273 e. The number of pyridine rings is 1. The summed E-state index contributed by atoms with van der Waals surface area (Å²) in [5.41, 5.74) is 2.64. The minimum Gasteiger partial charge on any atom is -0.343 e. The van der Waals surface area contributed by atoms with Crippen molar-refractivity contribution >= 4 is 11.4 Å². The molecule has 0 aromatic carbocycles. The molecule has 0 fully saturated rings. The first-order chi connectivity index (χ1) is 7.99. The third kappa shape index (κ3) is 2.16. The minimum atomic E-state index is -0.0696. The predicted molar refractivity (Wildman–Crippen MR) is 67.3 cm³/mol. The van der Waals surface area contributed by atoms with Gasteiger partial charge in [0.15, 0.2) is 5.69 Å². The average Bonchev–Trinajstić information content (AvgIpc) is 2.69. The third-order valence-corrected chi connectivity index (χ3v) is 2.77. The maximum absolute atomic E-state index is 11.8. The van der Waals surface area contributed by atoms with Crippen LogP contribution in [-0.2, 0) is 0 Å². The summed E-state index contributed by atoms with van der Waals surface area (Å²) in [5, 5.41) is 4.30. The molecular formula is C13H17N3O. The second kappa shape index (κ2) is 4.20. The zero-order valence-corrected chi connectivity index (χ0v) is 10.6. The Balaban J connectivity index is 2.47. The van der Waals surface area contributed by atoms with E-state index < -0.39 is 0 Å². The molecule has 0 bridgehead atoms. The number of carbonyl (C=O) groups excluding carboxylic acids is 1. The van der Waals surface area contributed by atoms with Crippen LogP contribution in [0.2, 0.25) is 0 Å². The molecule has 90 valence electrons. The summed E-state index contributed by atoms with van der Waals surface area (Å²) < 4.78 is 1.77. The largest absolute Gasteiger partial charge is 0.343 e. The molecule has 4 heteroatoms. The van der Waals surface area contributed by atoms with Crippen LogP contribution < -0.4 is 0 Å². The van der Waals surface area contributed by atoms with Gasteiger partial charge < -0.3 is 4.90 Å². The van der Waals surface area contributed by atoms with E-state index in [2.05, 4.69) is 25.0 Å². The first kappa shape index (κ1) is 11.6. The lowest BCUT2D eigenvalue weighted by atomic mass is 10.1. The Hall–Kier alpha value is -1.84. The summed E-state index contributed by atoms with van der Waals surface area (Å²) in [6, 6.07) is 5.88. The highest BCUT2D eigenvalue weighted by Crippen LogP contribution is 2.16. The van der Waals surface area contributed by atoms with Crippen LogP contribution in [0.15, 0.2) is 24.4 Å². The monoisotopic (exact) mass is 231 g/mol. The molecule has 2 aromatic heterocycles. The van der Waals surface area contributed by atoms with Gasteiger partial charge in [-0.1, -0.05) is 19.9 Å². The maximum atomic E-state index is 11.8.